The van der Waals surface area contributed by atoms with E-state index >= 15 is 0 Å². The van der Waals surface area contributed by atoms with Crippen LogP contribution in [0.3, 0.4) is 0 Å². The van der Waals surface area contributed by atoms with Crippen molar-refractivity contribution in [3.8, 4) is 0 Å². The second-order valence-electron chi connectivity index (χ2n) is 19.7. The average Bonchev–Trinajstić information content (AvgIpc) is 3.30. The molecule has 0 bridgehead atoms. The molecule has 0 rings (SSSR count). The summed E-state index contributed by atoms with van der Waals surface area (Å²) in [4.78, 5) is 12.4. The van der Waals surface area contributed by atoms with Crippen molar-refractivity contribution in [3.05, 3.63) is 48.6 Å². The number of carbonyl (C=O) groups excluding carboxylic acids is 1. The SMILES string of the molecule is CCCCCCC/C=C\C/C=C\CCCCCCCCCCCCCCCCCCCCCCCCCCCCCC(=O)NC(CO)C(O)/C=C/CC/C=C/CCCCCCCCC. The van der Waals surface area contributed by atoms with Gasteiger partial charge in [-0.3, -0.25) is 4.79 Å². The molecule has 0 aromatic rings. The van der Waals surface area contributed by atoms with E-state index in [1.165, 1.54) is 250 Å². The quantitative estimate of drug-likeness (QED) is 0.0421. The van der Waals surface area contributed by atoms with Gasteiger partial charge in [0.15, 0.2) is 0 Å². The molecule has 4 nitrogen and oxygen atoms in total. The lowest BCUT2D eigenvalue weighted by molar-refractivity contribution is -0.123. The Morgan fingerprint density at radius 2 is 0.656 bits per heavy atom. The van der Waals surface area contributed by atoms with Crippen LogP contribution in [0.2, 0.25) is 0 Å². The highest BCUT2D eigenvalue weighted by Crippen LogP contribution is 2.17. The van der Waals surface area contributed by atoms with Gasteiger partial charge in [0.1, 0.15) is 0 Å². The average molecular weight is 897 g/mol. The van der Waals surface area contributed by atoms with E-state index < -0.39 is 12.1 Å². The molecule has 2 atom stereocenters. The first-order chi connectivity index (χ1) is 31.7. The van der Waals surface area contributed by atoms with E-state index in [-0.39, 0.29) is 12.5 Å². The zero-order chi connectivity index (χ0) is 46.3. The normalized spacial score (nSPS) is 13.1. The van der Waals surface area contributed by atoms with E-state index in [4.69, 9.17) is 0 Å². The zero-order valence-electron chi connectivity index (χ0n) is 43.3. The molecule has 0 spiro atoms. The van der Waals surface area contributed by atoms with Crippen LogP contribution >= 0.6 is 0 Å². The highest BCUT2D eigenvalue weighted by molar-refractivity contribution is 5.76. The fourth-order valence-corrected chi connectivity index (χ4v) is 8.87. The number of aliphatic hydroxyl groups is 2. The van der Waals surface area contributed by atoms with Gasteiger partial charge in [-0.1, -0.05) is 287 Å². The summed E-state index contributed by atoms with van der Waals surface area (Å²) in [7, 11) is 0. The maximum atomic E-state index is 12.4. The molecule has 0 radical (unpaired) electrons. The van der Waals surface area contributed by atoms with Gasteiger partial charge in [-0.15, -0.1) is 0 Å². The van der Waals surface area contributed by atoms with Gasteiger partial charge in [-0.05, 0) is 64.2 Å². The molecular weight excluding hydrogens is 783 g/mol. The second-order valence-corrected chi connectivity index (χ2v) is 19.7. The summed E-state index contributed by atoms with van der Waals surface area (Å²) in [6.45, 7) is 4.29. The van der Waals surface area contributed by atoms with Gasteiger partial charge >= 0.3 is 0 Å². The number of aliphatic hydroxyl groups excluding tert-OH is 2. The Labute approximate surface area is 401 Å². The third-order valence-electron chi connectivity index (χ3n) is 13.3. The third-order valence-corrected chi connectivity index (χ3v) is 13.3. The fourth-order valence-electron chi connectivity index (χ4n) is 8.87. The van der Waals surface area contributed by atoms with Crippen LogP contribution in [0.4, 0.5) is 0 Å². The van der Waals surface area contributed by atoms with Crippen molar-refractivity contribution in [2.24, 2.45) is 0 Å². The number of nitrogens with one attached hydrogen (secondary N) is 1. The van der Waals surface area contributed by atoms with Crippen molar-refractivity contribution in [1.29, 1.82) is 0 Å². The highest BCUT2D eigenvalue weighted by Gasteiger charge is 2.18. The first-order valence-electron chi connectivity index (χ1n) is 28.9. The van der Waals surface area contributed by atoms with E-state index in [0.29, 0.717) is 6.42 Å². The molecule has 0 heterocycles. The number of hydrogen-bond acceptors (Lipinski definition) is 3. The molecule has 376 valence electrons. The number of allylic oxidation sites excluding steroid dienone is 7. The molecule has 2 unspecified atom stereocenters. The Balaban J connectivity index is 3.39. The zero-order valence-corrected chi connectivity index (χ0v) is 43.3. The van der Waals surface area contributed by atoms with Gasteiger partial charge < -0.3 is 15.5 Å². The van der Waals surface area contributed by atoms with Gasteiger partial charge in [0.25, 0.3) is 0 Å². The van der Waals surface area contributed by atoms with Crippen molar-refractivity contribution < 1.29 is 15.0 Å². The van der Waals surface area contributed by atoms with Crippen molar-refractivity contribution in [2.45, 2.75) is 321 Å². The molecule has 0 saturated heterocycles. The predicted octanol–water partition coefficient (Wildman–Crippen LogP) is 19.0. The van der Waals surface area contributed by atoms with E-state index in [9.17, 15) is 15.0 Å². The lowest BCUT2D eigenvalue weighted by Crippen LogP contribution is -2.45. The first kappa shape index (κ1) is 62.4. The Morgan fingerprint density at radius 3 is 1.00 bits per heavy atom. The summed E-state index contributed by atoms with van der Waals surface area (Å²) >= 11 is 0. The van der Waals surface area contributed by atoms with Gasteiger partial charge in [0.2, 0.25) is 5.91 Å². The largest absolute Gasteiger partial charge is 0.394 e. The maximum Gasteiger partial charge on any atom is 0.220 e. The van der Waals surface area contributed by atoms with Crippen LogP contribution in [0.15, 0.2) is 48.6 Å². The molecule has 1 amide bonds. The number of carbonyl (C=O) groups is 1. The van der Waals surface area contributed by atoms with Crippen LogP contribution in [0.1, 0.15) is 309 Å². The summed E-state index contributed by atoms with van der Waals surface area (Å²) in [5.74, 6) is -0.0700. The van der Waals surface area contributed by atoms with Crippen LogP contribution in [0.5, 0.6) is 0 Å². The van der Waals surface area contributed by atoms with E-state index in [1.54, 1.807) is 6.08 Å². The Bertz CT molecular complexity index is 1020. The molecule has 0 fully saturated rings. The first-order valence-corrected chi connectivity index (χ1v) is 28.9. The second kappa shape index (κ2) is 55.7. The summed E-state index contributed by atoms with van der Waals surface area (Å²) in [5.41, 5.74) is 0. The summed E-state index contributed by atoms with van der Waals surface area (Å²) < 4.78 is 0. The predicted molar refractivity (Wildman–Crippen MR) is 285 cm³/mol. The molecule has 0 aromatic carbocycles. The van der Waals surface area contributed by atoms with Crippen molar-refractivity contribution in [2.75, 3.05) is 6.61 Å². The molecule has 4 heteroatoms. The Morgan fingerprint density at radius 1 is 0.375 bits per heavy atom. The lowest BCUT2D eigenvalue weighted by Gasteiger charge is -2.19. The molecule has 0 saturated carbocycles. The minimum absolute atomic E-state index is 0.0700. The lowest BCUT2D eigenvalue weighted by atomic mass is 10.0. The Hall–Kier alpha value is -1.65. The molecule has 64 heavy (non-hydrogen) atoms. The van der Waals surface area contributed by atoms with Crippen molar-refractivity contribution in [3.63, 3.8) is 0 Å². The van der Waals surface area contributed by atoms with Gasteiger partial charge in [0.05, 0.1) is 18.8 Å². The molecule has 0 aliphatic rings. The third kappa shape index (κ3) is 51.3. The van der Waals surface area contributed by atoms with Crippen LogP contribution in [-0.4, -0.2) is 34.9 Å². The smallest absolute Gasteiger partial charge is 0.220 e. The maximum absolute atomic E-state index is 12.4. The van der Waals surface area contributed by atoms with Crippen LogP contribution in [0.25, 0.3) is 0 Å². The van der Waals surface area contributed by atoms with Crippen molar-refractivity contribution >= 4 is 5.91 Å². The summed E-state index contributed by atoms with van der Waals surface area (Å²) in [6.07, 6.45) is 77.3. The number of unbranched alkanes of at least 4 members (excludes halogenated alkanes) is 40. The topological polar surface area (TPSA) is 69.6 Å². The van der Waals surface area contributed by atoms with Gasteiger partial charge in [-0.2, -0.15) is 0 Å². The van der Waals surface area contributed by atoms with E-state index in [2.05, 4.69) is 55.6 Å². The molecule has 3 N–H and O–H groups in total. The number of rotatable bonds is 53. The summed E-state index contributed by atoms with van der Waals surface area (Å²) in [6, 6.07) is -0.637. The van der Waals surface area contributed by atoms with Gasteiger partial charge in [0, 0.05) is 6.42 Å². The minimum Gasteiger partial charge on any atom is -0.394 e. The molecule has 0 aromatic heterocycles. The number of hydrogen-bond donors (Lipinski definition) is 3. The van der Waals surface area contributed by atoms with Gasteiger partial charge in [-0.25, -0.2) is 0 Å². The monoisotopic (exact) mass is 896 g/mol. The standard InChI is InChI=1S/C60H113NO3/c1-3-5-7-9-11-13-15-17-18-19-20-21-22-23-24-25-26-27-28-29-30-31-32-33-34-35-36-37-38-39-40-41-42-44-46-48-50-52-54-56-60(64)61-58(57-62)59(63)55-53-51-49-47-45-43-16-14-12-10-8-6-4-2/h15,17,19-20,45,47,53,55,58-59,62-63H,3-14,16,18,21-44,46,48-52,54,56-57H2,1-2H3,(H,61,64)/b17-15-,20-19-,47-45+,55-53+. The molecule has 0 aliphatic heterocycles. The molecular formula is C60H113NO3. The summed E-state index contributed by atoms with van der Waals surface area (Å²) in [5, 5.41) is 23.0. The minimum atomic E-state index is -0.860. The van der Waals surface area contributed by atoms with E-state index in [0.717, 1.165) is 38.5 Å². The molecule has 0 aliphatic carbocycles. The Kier molecular flexibility index (Phi) is 54.2. The van der Waals surface area contributed by atoms with Crippen LogP contribution in [0, 0.1) is 0 Å². The van der Waals surface area contributed by atoms with Crippen LogP contribution in [-0.2, 0) is 4.79 Å². The van der Waals surface area contributed by atoms with E-state index in [1.807, 2.05) is 6.08 Å². The van der Waals surface area contributed by atoms with Crippen molar-refractivity contribution in [1.82, 2.24) is 5.32 Å². The number of amides is 1. The van der Waals surface area contributed by atoms with Crippen LogP contribution < -0.4 is 5.32 Å². The fraction of sp³-hybridized carbons (Fsp3) is 0.850. The highest BCUT2D eigenvalue weighted by atomic mass is 16.3.